The summed E-state index contributed by atoms with van der Waals surface area (Å²) < 4.78 is 5.98. The Bertz CT molecular complexity index is 861. The van der Waals surface area contributed by atoms with Crippen molar-refractivity contribution in [1.82, 2.24) is 0 Å². The fourth-order valence-corrected chi connectivity index (χ4v) is 2.33. The molecule has 1 aromatic carbocycles. The van der Waals surface area contributed by atoms with Crippen LogP contribution in [0.3, 0.4) is 0 Å². The topological polar surface area (TPSA) is 60.0 Å². The molecule has 1 heterocycles. The predicted molar refractivity (Wildman–Crippen MR) is 105 cm³/mol. The van der Waals surface area contributed by atoms with Crippen LogP contribution < -0.4 is 4.90 Å². The smallest absolute Gasteiger partial charge is 0.137 e. The molecule has 0 aromatic heterocycles. The van der Waals surface area contributed by atoms with Gasteiger partial charge in [-0.25, -0.2) is 0 Å². The SMILES string of the molecule is CN(C)c1ccc(C=CC2=CC(=C(C#N)C#N)C=C(C(C)(C)C)O2)cc1. The second-order valence-electron chi connectivity index (χ2n) is 7.28. The molecule has 0 atom stereocenters. The Kier molecular flexibility index (Phi) is 5.70. The van der Waals surface area contributed by atoms with Crippen molar-refractivity contribution in [2.45, 2.75) is 20.8 Å². The molecule has 0 N–H and O–H groups in total. The van der Waals surface area contributed by atoms with Gasteiger partial charge in [-0.1, -0.05) is 39.0 Å². The van der Waals surface area contributed by atoms with Crippen LogP contribution in [-0.2, 0) is 4.74 Å². The summed E-state index contributed by atoms with van der Waals surface area (Å²) in [6.45, 7) is 6.09. The fraction of sp³-hybridized carbons (Fsp3) is 0.273. The largest absolute Gasteiger partial charge is 0.461 e. The van der Waals surface area contributed by atoms with Crippen molar-refractivity contribution in [1.29, 1.82) is 10.5 Å². The molecular weight excluding hydrogens is 322 g/mol. The van der Waals surface area contributed by atoms with E-state index in [-0.39, 0.29) is 11.0 Å². The van der Waals surface area contributed by atoms with Gasteiger partial charge in [-0.15, -0.1) is 0 Å². The van der Waals surface area contributed by atoms with Crippen molar-refractivity contribution in [2.24, 2.45) is 5.41 Å². The zero-order valence-corrected chi connectivity index (χ0v) is 15.9. The molecule has 132 valence electrons. The van der Waals surface area contributed by atoms with Gasteiger partial charge in [-0.2, -0.15) is 10.5 Å². The minimum absolute atomic E-state index is 0.0799. The van der Waals surface area contributed by atoms with Gasteiger partial charge >= 0.3 is 0 Å². The average molecular weight is 345 g/mol. The third kappa shape index (κ3) is 4.65. The van der Waals surface area contributed by atoms with Gasteiger partial charge in [-0.05, 0) is 35.9 Å². The van der Waals surface area contributed by atoms with Crippen molar-refractivity contribution in [3.05, 3.63) is 70.7 Å². The van der Waals surface area contributed by atoms with Crippen LogP contribution in [0.2, 0.25) is 0 Å². The van der Waals surface area contributed by atoms with Gasteiger partial charge in [0.1, 0.15) is 29.2 Å². The lowest BCUT2D eigenvalue weighted by atomic mass is 9.90. The van der Waals surface area contributed by atoms with E-state index in [1.54, 1.807) is 12.2 Å². The van der Waals surface area contributed by atoms with E-state index in [1.807, 2.05) is 88.3 Å². The Morgan fingerprint density at radius 3 is 2.12 bits per heavy atom. The van der Waals surface area contributed by atoms with Crippen LogP contribution in [0.1, 0.15) is 26.3 Å². The van der Waals surface area contributed by atoms with Crippen LogP contribution in [0.25, 0.3) is 6.08 Å². The van der Waals surface area contributed by atoms with Crippen molar-refractivity contribution in [3.8, 4) is 12.1 Å². The minimum Gasteiger partial charge on any atom is -0.461 e. The molecule has 1 aliphatic rings. The van der Waals surface area contributed by atoms with Crippen molar-refractivity contribution in [3.63, 3.8) is 0 Å². The summed E-state index contributed by atoms with van der Waals surface area (Å²) in [5, 5.41) is 18.4. The standard InChI is InChI=1S/C22H23N3O/c1-22(2,3)21-13-17(18(14-23)15-24)12-20(26-21)11-8-16-6-9-19(10-7-16)25(4)5/h6-13H,1-5H3. The molecule has 0 aliphatic carbocycles. The van der Waals surface area contributed by atoms with E-state index in [0.717, 1.165) is 17.0 Å². The van der Waals surface area contributed by atoms with Crippen LogP contribution in [0.4, 0.5) is 5.69 Å². The number of anilines is 1. The third-order valence-corrected chi connectivity index (χ3v) is 3.91. The highest BCUT2D eigenvalue weighted by Gasteiger charge is 2.23. The third-order valence-electron chi connectivity index (χ3n) is 3.91. The summed E-state index contributed by atoms with van der Waals surface area (Å²) in [7, 11) is 4.00. The average Bonchev–Trinajstić information content (AvgIpc) is 2.60. The van der Waals surface area contributed by atoms with Gasteiger partial charge in [0.05, 0.1) is 0 Å². The Balaban J connectivity index is 2.35. The number of hydrogen-bond donors (Lipinski definition) is 0. The first-order valence-corrected chi connectivity index (χ1v) is 8.36. The van der Waals surface area contributed by atoms with Crippen LogP contribution >= 0.6 is 0 Å². The van der Waals surface area contributed by atoms with E-state index < -0.39 is 0 Å². The summed E-state index contributed by atoms with van der Waals surface area (Å²) in [6, 6.07) is 12.1. The Hall–Kier alpha value is -3.24. The van der Waals surface area contributed by atoms with E-state index >= 15 is 0 Å². The molecule has 0 saturated carbocycles. The molecular formula is C22H23N3O. The van der Waals surface area contributed by atoms with Gasteiger partial charge in [-0.3, -0.25) is 0 Å². The molecule has 26 heavy (non-hydrogen) atoms. The molecule has 0 radical (unpaired) electrons. The molecule has 0 spiro atoms. The summed E-state index contributed by atoms with van der Waals surface area (Å²) in [4.78, 5) is 2.04. The van der Waals surface area contributed by atoms with E-state index in [0.29, 0.717) is 11.3 Å². The van der Waals surface area contributed by atoms with Gasteiger partial charge in [0, 0.05) is 30.8 Å². The van der Waals surface area contributed by atoms with E-state index in [1.165, 1.54) is 0 Å². The van der Waals surface area contributed by atoms with Crippen LogP contribution in [-0.4, -0.2) is 14.1 Å². The predicted octanol–water partition coefficient (Wildman–Crippen LogP) is 4.95. The first-order valence-electron chi connectivity index (χ1n) is 8.36. The van der Waals surface area contributed by atoms with Crippen LogP contribution in [0.15, 0.2) is 65.2 Å². The first kappa shape index (κ1) is 19.1. The zero-order chi connectivity index (χ0) is 19.3. The maximum absolute atomic E-state index is 9.18. The normalized spacial score (nSPS) is 14.0. The number of nitrogens with zero attached hydrogens (tertiary/aromatic N) is 3. The second-order valence-corrected chi connectivity index (χ2v) is 7.28. The Morgan fingerprint density at radius 1 is 1.00 bits per heavy atom. The van der Waals surface area contributed by atoms with Gasteiger partial charge in [0.15, 0.2) is 0 Å². The number of ether oxygens (including phenoxy) is 1. The highest BCUT2D eigenvalue weighted by molar-refractivity contribution is 5.59. The van der Waals surface area contributed by atoms with E-state index in [9.17, 15) is 10.5 Å². The highest BCUT2D eigenvalue weighted by atomic mass is 16.5. The van der Waals surface area contributed by atoms with Gasteiger partial charge in [0.2, 0.25) is 0 Å². The quantitative estimate of drug-likeness (QED) is 0.727. The molecule has 0 amide bonds. The van der Waals surface area contributed by atoms with Crippen molar-refractivity contribution in [2.75, 3.05) is 19.0 Å². The summed E-state index contributed by atoms with van der Waals surface area (Å²) in [6.07, 6.45) is 7.30. The summed E-state index contributed by atoms with van der Waals surface area (Å²) >= 11 is 0. The number of hydrogen-bond acceptors (Lipinski definition) is 4. The maximum Gasteiger partial charge on any atom is 0.137 e. The second kappa shape index (κ2) is 7.76. The van der Waals surface area contributed by atoms with Crippen LogP contribution in [0.5, 0.6) is 0 Å². The lowest BCUT2D eigenvalue weighted by Gasteiger charge is -2.26. The molecule has 2 rings (SSSR count). The monoisotopic (exact) mass is 345 g/mol. The minimum atomic E-state index is -0.234. The van der Waals surface area contributed by atoms with Gasteiger partial charge in [0.25, 0.3) is 0 Å². The highest BCUT2D eigenvalue weighted by Crippen LogP contribution is 2.34. The molecule has 1 aliphatic heterocycles. The lowest BCUT2D eigenvalue weighted by Crippen LogP contribution is -2.15. The Labute approximate surface area is 155 Å². The maximum atomic E-state index is 9.18. The molecule has 0 saturated heterocycles. The Morgan fingerprint density at radius 2 is 1.62 bits per heavy atom. The first-order chi connectivity index (χ1) is 12.2. The number of allylic oxidation sites excluding steroid dienone is 6. The van der Waals surface area contributed by atoms with E-state index in [2.05, 4.69) is 0 Å². The number of nitriles is 2. The number of benzene rings is 1. The molecule has 4 nitrogen and oxygen atoms in total. The van der Waals surface area contributed by atoms with Crippen LogP contribution in [0, 0.1) is 28.1 Å². The molecule has 0 bridgehead atoms. The summed E-state index contributed by atoms with van der Waals surface area (Å²) in [5.74, 6) is 1.33. The fourth-order valence-electron chi connectivity index (χ4n) is 2.33. The number of rotatable bonds is 3. The van der Waals surface area contributed by atoms with Crippen molar-refractivity contribution >= 4 is 11.8 Å². The molecule has 4 heteroatoms. The van der Waals surface area contributed by atoms with Gasteiger partial charge < -0.3 is 9.64 Å². The molecule has 0 fully saturated rings. The lowest BCUT2D eigenvalue weighted by molar-refractivity contribution is 0.223. The summed E-state index contributed by atoms with van der Waals surface area (Å²) in [5.41, 5.74) is 2.59. The zero-order valence-electron chi connectivity index (χ0n) is 15.9. The van der Waals surface area contributed by atoms with Crippen molar-refractivity contribution < 1.29 is 4.74 Å². The molecule has 1 aromatic rings. The molecule has 0 unspecified atom stereocenters. The van der Waals surface area contributed by atoms with E-state index in [4.69, 9.17) is 4.74 Å².